The summed E-state index contributed by atoms with van der Waals surface area (Å²) in [5.74, 6) is -0.144. The van der Waals surface area contributed by atoms with Crippen LogP contribution in [0.2, 0.25) is 0 Å². The fraction of sp³-hybridized carbons (Fsp3) is 0.556. The zero-order chi connectivity index (χ0) is 12.4. The summed E-state index contributed by atoms with van der Waals surface area (Å²) >= 11 is 0. The van der Waals surface area contributed by atoms with Gasteiger partial charge in [-0.15, -0.1) is 5.10 Å². The van der Waals surface area contributed by atoms with Crippen LogP contribution in [0, 0.1) is 0 Å². The molecule has 1 atom stereocenters. The van der Waals surface area contributed by atoms with Crippen molar-refractivity contribution in [2.24, 2.45) is 0 Å². The molecule has 2 rings (SSSR count). The quantitative estimate of drug-likeness (QED) is 0.594. The fourth-order valence-corrected chi connectivity index (χ4v) is 1.76. The normalized spacial score (nSPS) is 20.4. The standard InChI is InChI=1S/C9H14N6O2/c1-15-4-5(2-3-6(15)16)11-8(17)7-12-9(10)14-13-7/h5H,2-4H2,1H3,(H,11,17)(H3,10,12,13,14). The second-order valence-electron chi connectivity index (χ2n) is 4.03. The molecular weight excluding hydrogens is 224 g/mol. The first-order valence-corrected chi connectivity index (χ1v) is 5.29. The number of carbonyl (C=O) groups is 2. The summed E-state index contributed by atoms with van der Waals surface area (Å²) in [6, 6.07) is -0.0588. The zero-order valence-corrected chi connectivity index (χ0v) is 9.43. The summed E-state index contributed by atoms with van der Waals surface area (Å²) in [7, 11) is 1.72. The number of H-pyrrole nitrogens is 1. The van der Waals surface area contributed by atoms with Crippen LogP contribution in [-0.4, -0.2) is 51.5 Å². The van der Waals surface area contributed by atoms with Crippen molar-refractivity contribution in [1.82, 2.24) is 25.4 Å². The number of nitrogens with one attached hydrogen (secondary N) is 2. The molecule has 8 nitrogen and oxygen atoms in total. The Hall–Kier alpha value is -2.12. The zero-order valence-electron chi connectivity index (χ0n) is 9.43. The molecule has 0 aromatic carbocycles. The van der Waals surface area contributed by atoms with Crippen molar-refractivity contribution in [3.05, 3.63) is 5.82 Å². The topological polar surface area (TPSA) is 117 Å². The first-order chi connectivity index (χ1) is 8.06. The van der Waals surface area contributed by atoms with Crippen LogP contribution in [0.3, 0.4) is 0 Å². The summed E-state index contributed by atoms with van der Waals surface area (Å²) < 4.78 is 0. The van der Waals surface area contributed by atoms with Gasteiger partial charge in [0.05, 0.1) is 0 Å². The predicted octanol–water partition coefficient (Wildman–Crippen LogP) is -1.26. The molecule has 0 aliphatic carbocycles. The molecule has 17 heavy (non-hydrogen) atoms. The van der Waals surface area contributed by atoms with Crippen LogP contribution in [0.15, 0.2) is 0 Å². The Morgan fingerprint density at radius 2 is 2.41 bits per heavy atom. The Kier molecular flexibility index (Phi) is 2.94. The van der Waals surface area contributed by atoms with Crippen LogP contribution >= 0.6 is 0 Å². The van der Waals surface area contributed by atoms with Gasteiger partial charge < -0.3 is 16.0 Å². The minimum absolute atomic E-state index is 0.0334. The lowest BCUT2D eigenvalue weighted by Gasteiger charge is -2.29. The molecule has 8 heteroatoms. The van der Waals surface area contributed by atoms with Gasteiger partial charge in [-0.1, -0.05) is 0 Å². The highest BCUT2D eigenvalue weighted by Crippen LogP contribution is 2.09. The highest BCUT2D eigenvalue weighted by molar-refractivity contribution is 5.91. The van der Waals surface area contributed by atoms with Crippen molar-refractivity contribution < 1.29 is 9.59 Å². The summed E-state index contributed by atoms with van der Waals surface area (Å²) in [6.07, 6.45) is 1.08. The lowest BCUT2D eigenvalue weighted by atomic mass is 10.1. The van der Waals surface area contributed by atoms with E-state index in [1.54, 1.807) is 11.9 Å². The molecule has 4 N–H and O–H groups in total. The first kappa shape index (κ1) is 11.4. The van der Waals surface area contributed by atoms with E-state index in [-0.39, 0.29) is 29.6 Å². The average Bonchev–Trinajstić information content (AvgIpc) is 2.70. The molecule has 2 amide bonds. The van der Waals surface area contributed by atoms with Gasteiger partial charge in [-0.2, -0.15) is 4.98 Å². The van der Waals surface area contributed by atoms with Gasteiger partial charge in [0.2, 0.25) is 17.7 Å². The minimum atomic E-state index is -0.359. The molecule has 0 bridgehead atoms. The third kappa shape index (κ3) is 2.52. The van der Waals surface area contributed by atoms with E-state index >= 15 is 0 Å². The Bertz CT molecular complexity index is 442. The number of hydrogen-bond acceptors (Lipinski definition) is 5. The maximum atomic E-state index is 11.7. The smallest absolute Gasteiger partial charge is 0.288 e. The van der Waals surface area contributed by atoms with Crippen molar-refractivity contribution in [2.75, 3.05) is 19.3 Å². The molecule has 1 unspecified atom stereocenters. The molecule has 92 valence electrons. The monoisotopic (exact) mass is 238 g/mol. The number of hydrogen-bond donors (Lipinski definition) is 3. The van der Waals surface area contributed by atoms with Crippen LogP contribution in [0.4, 0.5) is 5.95 Å². The molecule has 0 radical (unpaired) electrons. The number of nitrogens with zero attached hydrogens (tertiary/aromatic N) is 3. The number of nitrogens with two attached hydrogens (primary N) is 1. The van der Waals surface area contributed by atoms with E-state index in [1.807, 2.05) is 0 Å². The van der Waals surface area contributed by atoms with Crippen molar-refractivity contribution in [2.45, 2.75) is 18.9 Å². The molecule has 1 aromatic rings. The molecule has 0 spiro atoms. The Morgan fingerprint density at radius 3 is 3.00 bits per heavy atom. The van der Waals surface area contributed by atoms with Gasteiger partial charge in [0.15, 0.2) is 0 Å². The third-order valence-electron chi connectivity index (χ3n) is 2.68. The number of rotatable bonds is 2. The van der Waals surface area contributed by atoms with Gasteiger partial charge in [0.25, 0.3) is 5.91 Å². The molecule has 0 saturated carbocycles. The number of likely N-dealkylation sites (N-methyl/N-ethyl adjacent to an activating group) is 1. The fourth-order valence-electron chi connectivity index (χ4n) is 1.76. The molecule has 2 heterocycles. The highest BCUT2D eigenvalue weighted by Gasteiger charge is 2.25. The minimum Gasteiger partial charge on any atom is -0.366 e. The number of nitrogen functional groups attached to an aromatic ring is 1. The highest BCUT2D eigenvalue weighted by atomic mass is 16.2. The second kappa shape index (κ2) is 4.40. The molecule has 1 saturated heterocycles. The van der Waals surface area contributed by atoms with Crippen molar-refractivity contribution >= 4 is 17.8 Å². The van der Waals surface area contributed by atoms with Gasteiger partial charge in [-0.05, 0) is 6.42 Å². The number of amides is 2. The Labute approximate surface area is 97.6 Å². The molecule has 1 aromatic heterocycles. The summed E-state index contributed by atoms with van der Waals surface area (Å²) in [5.41, 5.74) is 5.30. The first-order valence-electron chi connectivity index (χ1n) is 5.29. The summed E-state index contributed by atoms with van der Waals surface area (Å²) in [4.78, 5) is 28.3. The molecule has 1 fully saturated rings. The summed E-state index contributed by atoms with van der Waals surface area (Å²) in [5, 5.41) is 8.79. The third-order valence-corrected chi connectivity index (χ3v) is 2.68. The van der Waals surface area contributed by atoms with E-state index in [1.165, 1.54) is 0 Å². The predicted molar refractivity (Wildman–Crippen MR) is 58.9 cm³/mol. The van der Waals surface area contributed by atoms with E-state index in [2.05, 4.69) is 20.5 Å². The lowest BCUT2D eigenvalue weighted by molar-refractivity contribution is -0.132. The van der Waals surface area contributed by atoms with Crippen LogP contribution in [-0.2, 0) is 4.79 Å². The number of aromatic nitrogens is 3. The maximum absolute atomic E-state index is 11.7. The van der Waals surface area contributed by atoms with Crippen molar-refractivity contribution in [1.29, 1.82) is 0 Å². The van der Waals surface area contributed by atoms with E-state index < -0.39 is 0 Å². The van der Waals surface area contributed by atoms with Crippen LogP contribution < -0.4 is 11.1 Å². The van der Waals surface area contributed by atoms with Gasteiger partial charge >= 0.3 is 0 Å². The maximum Gasteiger partial charge on any atom is 0.288 e. The Morgan fingerprint density at radius 1 is 1.65 bits per heavy atom. The molecule has 1 aliphatic heterocycles. The number of aromatic amines is 1. The van der Waals surface area contributed by atoms with E-state index in [9.17, 15) is 9.59 Å². The van der Waals surface area contributed by atoms with Crippen LogP contribution in [0.5, 0.6) is 0 Å². The van der Waals surface area contributed by atoms with E-state index in [0.29, 0.717) is 19.4 Å². The number of anilines is 1. The van der Waals surface area contributed by atoms with Crippen molar-refractivity contribution in [3.63, 3.8) is 0 Å². The van der Waals surface area contributed by atoms with Crippen molar-refractivity contribution in [3.8, 4) is 0 Å². The molecule has 1 aliphatic rings. The van der Waals surface area contributed by atoms with Gasteiger partial charge in [-0.3, -0.25) is 14.7 Å². The number of likely N-dealkylation sites (tertiary alicyclic amines) is 1. The van der Waals surface area contributed by atoms with E-state index in [0.717, 1.165) is 0 Å². The van der Waals surface area contributed by atoms with E-state index in [4.69, 9.17) is 5.73 Å². The Balaban J connectivity index is 1.93. The van der Waals surface area contributed by atoms with Gasteiger partial charge in [0.1, 0.15) is 0 Å². The number of carbonyl (C=O) groups excluding carboxylic acids is 2. The summed E-state index contributed by atoms with van der Waals surface area (Å²) in [6.45, 7) is 0.508. The second-order valence-corrected chi connectivity index (χ2v) is 4.03. The number of piperidine rings is 1. The van der Waals surface area contributed by atoms with Crippen LogP contribution in [0.25, 0.3) is 0 Å². The largest absolute Gasteiger partial charge is 0.366 e. The SMILES string of the molecule is CN1CC(NC(=O)c2nc(N)n[nH]2)CCC1=O. The van der Waals surface area contributed by atoms with Crippen LogP contribution in [0.1, 0.15) is 23.5 Å². The average molecular weight is 238 g/mol. The molecular formula is C9H14N6O2. The lowest BCUT2D eigenvalue weighted by Crippen LogP contribution is -2.48. The van der Waals surface area contributed by atoms with Gasteiger partial charge in [0, 0.05) is 26.1 Å². The van der Waals surface area contributed by atoms with Gasteiger partial charge in [-0.25, -0.2) is 0 Å².